The number of thioether (sulfide) groups is 1. The highest BCUT2D eigenvalue weighted by Crippen LogP contribution is 2.20. The Labute approximate surface area is 128 Å². The molecule has 2 rings (SSSR count). The molecule has 21 heavy (non-hydrogen) atoms. The van der Waals surface area contributed by atoms with E-state index in [1.165, 1.54) is 18.7 Å². The fourth-order valence-corrected chi connectivity index (χ4v) is 3.01. The van der Waals surface area contributed by atoms with Crippen LogP contribution >= 0.6 is 23.1 Å². The number of carboxylic acids is 1. The molecule has 9 heteroatoms. The van der Waals surface area contributed by atoms with Gasteiger partial charge < -0.3 is 14.9 Å². The Morgan fingerprint density at radius 1 is 1.57 bits per heavy atom. The summed E-state index contributed by atoms with van der Waals surface area (Å²) in [5.74, 6) is 0.116. The zero-order valence-corrected chi connectivity index (χ0v) is 12.7. The molecule has 2 heterocycles. The number of amides is 1. The van der Waals surface area contributed by atoms with E-state index in [2.05, 4.69) is 15.5 Å². The van der Waals surface area contributed by atoms with E-state index >= 15 is 0 Å². The van der Waals surface area contributed by atoms with E-state index in [0.717, 1.165) is 5.56 Å². The summed E-state index contributed by atoms with van der Waals surface area (Å²) in [5.41, 5.74) is 0.890. The molecule has 2 aromatic rings. The van der Waals surface area contributed by atoms with Crippen LogP contribution in [0.5, 0.6) is 0 Å². The molecule has 0 aliphatic heterocycles. The summed E-state index contributed by atoms with van der Waals surface area (Å²) in [6, 6.07) is 0.968. The number of rotatable bonds is 7. The molecule has 0 radical (unpaired) electrons. The molecule has 0 spiro atoms. The minimum atomic E-state index is -1.07. The van der Waals surface area contributed by atoms with Crippen molar-refractivity contribution in [2.75, 3.05) is 5.75 Å². The molecule has 1 unspecified atom stereocenters. The highest BCUT2D eigenvalue weighted by Gasteiger charge is 2.19. The largest absolute Gasteiger partial charge is 0.480 e. The summed E-state index contributed by atoms with van der Waals surface area (Å²) < 4.78 is 5.10. The van der Waals surface area contributed by atoms with Gasteiger partial charge in [-0.25, -0.2) is 4.79 Å². The number of nitrogens with one attached hydrogen (secondary N) is 1. The van der Waals surface area contributed by atoms with Gasteiger partial charge in [-0.1, -0.05) is 5.16 Å². The van der Waals surface area contributed by atoms with E-state index in [1.54, 1.807) is 11.3 Å². The van der Waals surface area contributed by atoms with E-state index in [9.17, 15) is 9.59 Å². The second kappa shape index (κ2) is 7.23. The van der Waals surface area contributed by atoms with Crippen LogP contribution in [0.15, 0.2) is 21.3 Å². The van der Waals surface area contributed by atoms with Gasteiger partial charge in [0.15, 0.2) is 0 Å². The number of hydrogen-bond acceptors (Lipinski definition) is 7. The van der Waals surface area contributed by atoms with Crippen LogP contribution in [-0.4, -0.2) is 38.9 Å². The highest BCUT2D eigenvalue weighted by molar-refractivity contribution is 7.98. The Balaban J connectivity index is 1.85. The molecule has 0 aromatic carbocycles. The average Bonchev–Trinajstić information content (AvgIpc) is 3.07. The quantitative estimate of drug-likeness (QED) is 0.796. The lowest BCUT2D eigenvalue weighted by molar-refractivity contribution is -0.140. The first-order valence-corrected chi connectivity index (χ1v) is 8.09. The second-order valence-electron chi connectivity index (χ2n) is 4.13. The molecular formula is C12H13N3O4S2. The van der Waals surface area contributed by atoms with Crippen molar-refractivity contribution in [2.45, 2.75) is 18.7 Å². The molecule has 1 atom stereocenters. The lowest BCUT2D eigenvalue weighted by Crippen LogP contribution is -2.41. The first kappa shape index (κ1) is 15.5. The van der Waals surface area contributed by atoms with Gasteiger partial charge in [-0.15, -0.1) is 11.8 Å². The maximum absolute atomic E-state index is 11.0. The van der Waals surface area contributed by atoms with E-state index in [1.807, 2.05) is 16.8 Å². The van der Waals surface area contributed by atoms with Gasteiger partial charge in [-0.3, -0.25) is 4.79 Å². The van der Waals surface area contributed by atoms with Gasteiger partial charge in [0.2, 0.25) is 17.6 Å². The van der Waals surface area contributed by atoms with Gasteiger partial charge in [-0.05, 0) is 11.4 Å². The number of carboxylic acid groups (broad SMARTS) is 1. The number of thiophene rings is 1. The number of carbonyl (C=O) groups is 2. The van der Waals surface area contributed by atoms with Crippen LogP contribution in [0, 0.1) is 0 Å². The van der Waals surface area contributed by atoms with Crippen molar-refractivity contribution in [1.29, 1.82) is 0 Å². The molecule has 1 amide bonds. The second-order valence-corrected chi connectivity index (χ2v) is 5.94. The normalized spacial score (nSPS) is 12.0. The van der Waals surface area contributed by atoms with Crippen molar-refractivity contribution in [3.05, 3.63) is 22.7 Å². The number of aromatic nitrogens is 2. The molecule has 0 bridgehead atoms. The standard InChI is InChI=1S/C12H13N3O4S2/c1-7(16)13-9(12(17)18)5-21-6-10-14-11(15-19-10)8-2-3-20-4-8/h2-4,9H,5-6H2,1H3,(H,13,16)(H,17,18). The van der Waals surface area contributed by atoms with Crippen molar-refractivity contribution in [3.63, 3.8) is 0 Å². The Bertz CT molecular complexity index is 612. The monoisotopic (exact) mass is 327 g/mol. The van der Waals surface area contributed by atoms with Crippen molar-refractivity contribution >= 4 is 35.0 Å². The maximum atomic E-state index is 11.0. The molecule has 0 saturated carbocycles. The smallest absolute Gasteiger partial charge is 0.327 e. The fraction of sp³-hybridized carbons (Fsp3) is 0.333. The maximum Gasteiger partial charge on any atom is 0.327 e. The number of aliphatic carboxylic acids is 1. The van der Waals surface area contributed by atoms with Crippen molar-refractivity contribution in [3.8, 4) is 11.4 Å². The molecular weight excluding hydrogens is 314 g/mol. The van der Waals surface area contributed by atoms with Crippen LogP contribution in [0.2, 0.25) is 0 Å². The average molecular weight is 327 g/mol. The van der Waals surface area contributed by atoms with Crippen LogP contribution in [0.3, 0.4) is 0 Å². The molecule has 2 N–H and O–H groups in total. The first-order valence-electron chi connectivity index (χ1n) is 5.99. The van der Waals surface area contributed by atoms with Crippen molar-refractivity contribution in [2.24, 2.45) is 0 Å². The number of carbonyl (C=O) groups excluding carboxylic acids is 1. The van der Waals surface area contributed by atoms with Gasteiger partial charge in [0.25, 0.3) is 0 Å². The molecule has 0 aliphatic rings. The highest BCUT2D eigenvalue weighted by atomic mass is 32.2. The number of hydrogen-bond donors (Lipinski definition) is 2. The zero-order valence-electron chi connectivity index (χ0n) is 11.1. The summed E-state index contributed by atoms with van der Waals surface area (Å²) in [5, 5.41) is 19.0. The SMILES string of the molecule is CC(=O)NC(CSCc1nc(-c2ccsc2)no1)C(=O)O. The van der Waals surface area contributed by atoms with E-state index < -0.39 is 12.0 Å². The van der Waals surface area contributed by atoms with E-state index in [0.29, 0.717) is 17.5 Å². The minimum Gasteiger partial charge on any atom is -0.480 e. The first-order chi connectivity index (χ1) is 10.1. The van der Waals surface area contributed by atoms with Gasteiger partial charge >= 0.3 is 5.97 Å². The van der Waals surface area contributed by atoms with E-state index in [-0.39, 0.29) is 11.7 Å². The Kier molecular flexibility index (Phi) is 5.34. The summed E-state index contributed by atoms with van der Waals surface area (Å²) in [4.78, 5) is 26.1. The third kappa shape index (κ3) is 4.57. The summed E-state index contributed by atoms with van der Waals surface area (Å²) in [6.45, 7) is 1.28. The summed E-state index contributed by atoms with van der Waals surface area (Å²) >= 11 is 2.85. The summed E-state index contributed by atoms with van der Waals surface area (Å²) in [6.07, 6.45) is 0. The van der Waals surface area contributed by atoms with Crippen molar-refractivity contribution in [1.82, 2.24) is 15.5 Å². The van der Waals surface area contributed by atoms with Crippen LogP contribution in [0.4, 0.5) is 0 Å². The third-order valence-corrected chi connectivity index (χ3v) is 4.14. The molecule has 2 aromatic heterocycles. The van der Waals surface area contributed by atoms with Gasteiger partial charge in [-0.2, -0.15) is 16.3 Å². The Hall–Kier alpha value is -1.87. The molecule has 7 nitrogen and oxygen atoms in total. The molecule has 112 valence electrons. The predicted octanol–water partition coefficient (Wildman–Crippen LogP) is 1.62. The molecule has 0 aliphatic carbocycles. The van der Waals surface area contributed by atoms with Gasteiger partial charge in [0, 0.05) is 23.6 Å². The Morgan fingerprint density at radius 2 is 2.38 bits per heavy atom. The third-order valence-electron chi connectivity index (χ3n) is 2.43. The van der Waals surface area contributed by atoms with Crippen LogP contribution in [-0.2, 0) is 15.3 Å². The predicted molar refractivity (Wildman–Crippen MR) is 79.0 cm³/mol. The van der Waals surface area contributed by atoms with Crippen LogP contribution in [0.25, 0.3) is 11.4 Å². The molecule has 0 saturated heterocycles. The van der Waals surface area contributed by atoms with E-state index in [4.69, 9.17) is 9.63 Å². The number of nitrogens with zero attached hydrogens (tertiary/aromatic N) is 2. The topological polar surface area (TPSA) is 105 Å². The van der Waals surface area contributed by atoms with Gasteiger partial charge in [0.1, 0.15) is 6.04 Å². The summed E-state index contributed by atoms with van der Waals surface area (Å²) in [7, 11) is 0. The zero-order chi connectivity index (χ0) is 15.2. The van der Waals surface area contributed by atoms with Gasteiger partial charge in [0.05, 0.1) is 5.75 Å². The lowest BCUT2D eigenvalue weighted by Gasteiger charge is -2.11. The lowest BCUT2D eigenvalue weighted by atomic mass is 10.3. The minimum absolute atomic E-state index is 0.227. The van der Waals surface area contributed by atoms with Crippen LogP contribution in [0.1, 0.15) is 12.8 Å². The van der Waals surface area contributed by atoms with Crippen LogP contribution < -0.4 is 5.32 Å². The fourth-order valence-electron chi connectivity index (χ4n) is 1.51. The Morgan fingerprint density at radius 3 is 3.00 bits per heavy atom. The molecule has 0 fully saturated rings. The van der Waals surface area contributed by atoms with Crippen molar-refractivity contribution < 1.29 is 19.2 Å².